The summed E-state index contributed by atoms with van der Waals surface area (Å²) < 4.78 is 1.80. The summed E-state index contributed by atoms with van der Waals surface area (Å²) in [6.45, 7) is 1.99. The van der Waals surface area contributed by atoms with Crippen molar-refractivity contribution in [1.82, 2.24) is 14.8 Å². The van der Waals surface area contributed by atoms with E-state index in [2.05, 4.69) is 10.1 Å². The van der Waals surface area contributed by atoms with E-state index in [1.807, 2.05) is 37.4 Å². The fourth-order valence-corrected chi connectivity index (χ4v) is 2.24. The Labute approximate surface area is 115 Å². The molecule has 2 aromatic heterocycles. The molecule has 0 aliphatic carbocycles. The van der Waals surface area contributed by atoms with Gasteiger partial charge in [0.25, 0.3) is 0 Å². The first-order valence-corrected chi connectivity index (χ1v) is 6.27. The second kappa shape index (κ2) is 4.44. The minimum atomic E-state index is 0.321. The van der Waals surface area contributed by atoms with Gasteiger partial charge < -0.3 is 5.73 Å². The van der Waals surface area contributed by atoms with Crippen molar-refractivity contribution in [2.24, 2.45) is 5.73 Å². The van der Waals surface area contributed by atoms with Gasteiger partial charge in [0.1, 0.15) is 4.99 Å². The van der Waals surface area contributed by atoms with E-state index in [0.717, 1.165) is 27.7 Å². The molecule has 0 aliphatic rings. The largest absolute Gasteiger partial charge is 0.389 e. The number of benzene rings is 1. The monoisotopic (exact) mass is 268 g/mol. The van der Waals surface area contributed by atoms with Crippen LogP contribution in [0.4, 0.5) is 0 Å². The molecule has 0 amide bonds. The zero-order chi connectivity index (χ0) is 13.4. The minimum absolute atomic E-state index is 0.321. The van der Waals surface area contributed by atoms with Crippen molar-refractivity contribution in [3.63, 3.8) is 0 Å². The SMILES string of the molecule is Cc1cnn(-c2c(C(N)=S)cnc3ccccc23)c1. The van der Waals surface area contributed by atoms with Crippen LogP contribution in [0.25, 0.3) is 16.6 Å². The molecule has 94 valence electrons. The van der Waals surface area contributed by atoms with E-state index < -0.39 is 0 Å². The van der Waals surface area contributed by atoms with Crippen molar-refractivity contribution in [3.8, 4) is 5.69 Å². The summed E-state index contributed by atoms with van der Waals surface area (Å²) in [5, 5.41) is 5.34. The van der Waals surface area contributed by atoms with Gasteiger partial charge in [-0.3, -0.25) is 4.98 Å². The Morgan fingerprint density at radius 1 is 1.26 bits per heavy atom. The summed E-state index contributed by atoms with van der Waals surface area (Å²) in [6, 6.07) is 7.87. The number of nitrogens with two attached hydrogens (primary N) is 1. The van der Waals surface area contributed by atoms with Gasteiger partial charge in [-0.15, -0.1) is 0 Å². The summed E-state index contributed by atoms with van der Waals surface area (Å²) in [6.07, 6.45) is 5.46. The van der Waals surface area contributed by atoms with Crippen LogP contribution in [0.5, 0.6) is 0 Å². The number of nitrogens with zero attached hydrogens (tertiary/aromatic N) is 3. The molecule has 0 radical (unpaired) electrons. The van der Waals surface area contributed by atoms with Crippen molar-refractivity contribution in [2.45, 2.75) is 6.92 Å². The van der Waals surface area contributed by atoms with Gasteiger partial charge in [-0.2, -0.15) is 5.10 Å². The van der Waals surface area contributed by atoms with Crippen molar-refractivity contribution in [1.29, 1.82) is 0 Å². The molecule has 3 rings (SSSR count). The van der Waals surface area contributed by atoms with Gasteiger partial charge in [0, 0.05) is 17.8 Å². The van der Waals surface area contributed by atoms with Crippen LogP contribution in [-0.2, 0) is 0 Å². The van der Waals surface area contributed by atoms with Gasteiger partial charge in [0.2, 0.25) is 0 Å². The van der Waals surface area contributed by atoms with Crippen LogP contribution < -0.4 is 5.73 Å². The van der Waals surface area contributed by atoms with Gasteiger partial charge in [0.15, 0.2) is 0 Å². The third kappa shape index (κ3) is 1.98. The zero-order valence-electron chi connectivity index (χ0n) is 10.4. The topological polar surface area (TPSA) is 56.7 Å². The second-order valence-corrected chi connectivity index (χ2v) is 4.80. The molecule has 4 nitrogen and oxygen atoms in total. The molecule has 5 heteroatoms. The molecule has 0 aliphatic heterocycles. The fourth-order valence-electron chi connectivity index (χ4n) is 2.09. The first-order valence-electron chi connectivity index (χ1n) is 5.86. The first-order chi connectivity index (χ1) is 9.16. The first kappa shape index (κ1) is 11.8. The van der Waals surface area contributed by atoms with Crippen LogP contribution in [0.15, 0.2) is 42.9 Å². The Kier molecular flexibility index (Phi) is 2.76. The fraction of sp³-hybridized carbons (Fsp3) is 0.0714. The quantitative estimate of drug-likeness (QED) is 0.725. The van der Waals surface area contributed by atoms with Crippen LogP contribution in [-0.4, -0.2) is 19.8 Å². The lowest BCUT2D eigenvalue weighted by Crippen LogP contribution is -2.14. The normalized spacial score (nSPS) is 10.8. The maximum atomic E-state index is 5.80. The van der Waals surface area contributed by atoms with Crippen LogP contribution in [0.2, 0.25) is 0 Å². The van der Waals surface area contributed by atoms with Crippen molar-refractivity contribution >= 4 is 28.1 Å². The molecule has 3 aromatic rings. The molecule has 1 aromatic carbocycles. The van der Waals surface area contributed by atoms with Gasteiger partial charge in [0.05, 0.1) is 23.0 Å². The highest BCUT2D eigenvalue weighted by Crippen LogP contribution is 2.24. The maximum Gasteiger partial charge on any atom is 0.107 e. The average Bonchev–Trinajstić information content (AvgIpc) is 2.83. The van der Waals surface area contributed by atoms with E-state index in [1.54, 1.807) is 17.1 Å². The molecule has 0 bridgehead atoms. The predicted octanol–water partition coefficient (Wildman–Crippen LogP) is 2.36. The molecular weight excluding hydrogens is 256 g/mol. The summed E-state index contributed by atoms with van der Waals surface area (Å²) in [4.78, 5) is 4.71. The number of aromatic nitrogens is 3. The lowest BCUT2D eigenvalue weighted by molar-refractivity contribution is 0.884. The molecule has 0 unspecified atom stereocenters. The number of para-hydroxylation sites is 1. The third-order valence-electron chi connectivity index (χ3n) is 2.95. The van der Waals surface area contributed by atoms with Crippen molar-refractivity contribution in [3.05, 3.63) is 54.0 Å². The molecule has 19 heavy (non-hydrogen) atoms. The third-order valence-corrected chi connectivity index (χ3v) is 3.17. The smallest absolute Gasteiger partial charge is 0.107 e. The van der Waals surface area contributed by atoms with E-state index in [0.29, 0.717) is 4.99 Å². The van der Waals surface area contributed by atoms with Gasteiger partial charge in [-0.05, 0) is 18.6 Å². The predicted molar refractivity (Wildman–Crippen MR) is 79.5 cm³/mol. The summed E-state index contributed by atoms with van der Waals surface area (Å²) in [7, 11) is 0. The number of thiocarbonyl (C=S) groups is 1. The Morgan fingerprint density at radius 2 is 2.05 bits per heavy atom. The summed E-state index contributed by atoms with van der Waals surface area (Å²) in [5.74, 6) is 0. The number of hydrogen-bond donors (Lipinski definition) is 1. The van der Waals surface area contributed by atoms with Crippen LogP contribution >= 0.6 is 12.2 Å². The number of fused-ring (bicyclic) bond motifs is 1. The Hall–Kier alpha value is -2.27. The van der Waals surface area contributed by atoms with Gasteiger partial charge in [-0.1, -0.05) is 30.4 Å². The van der Waals surface area contributed by atoms with Crippen LogP contribution in [0.3, 0.4) is 0 Å². The number of aryl methyl sites for hydroxylation is 1. The molecule has 0 saturated carbocycles. The Bertz CT molecular complexity index is 776. The van der Waals surface area contributed by atoms with E-state index in [-0.39, 0.29) is 0 Å². The van der Waals surface area contributed by atoms with E-state index in [9.17, 15) is 0 Å². The number of rotatable bonds is 2. The van der Waals surface area contributed by atoms with E-state index in [1.165, 1.54) is 0 Å². The van der Waals surface area contributed by atoms with Crippen LogP contribution in [0, 0.1) is 6.92 Å². The highest BCUT2D eigenvalue weighted by atomic mass is 32.1. The molecular formula is C14H12N4S. The van der Waals surface area contributed by atoms with Crippen molar-refractivity contribution < 1.29 is 0 Å². The lowest BCUT2D eigenvalue weighted by Gasteiger charge is -2.11. The second-order valence-electron chi connectivity index (χ2n) is 4.36. The molecule has 0 spiro atoms. The highest BCUT2D eigenvalue weighted by Gasteiger charge is 2.13. The summed E-state index contributed by atoms with van der Waals surface area (Å²) >= 11 is 5.12. The van der Waals surface area contributed by atoms with Gasteiger partial charge >= 0.3 is 0 Å². The maximum absolute atomic E-state index is 5.80. The van der Waals surface area contributed by atoms with E-state index >= 15 is 0 Å². The molecule has 0 saturated heterocycles. The highest BCUT2D eigenvalue weighted by molar-refractivity contribution is 7.80. The standard InChI is InChI=1S/C14H12N4S/c1-9-6-17-18(8-9)13-10-4-2-3-5-12(10)16-7-11(13)14(15)19/h2-8H,1H3,(H2,15,19). The zero-order valence-corrected chi connectivity index (χ0v) is 11.2. The number of hydrogen-bond acceptors (Lipinski definition) is 3. The minimum Gasteiger partial charge on any atom is -0.389 e. The molecule has 0 atom stereocenters. The van der Waals surface area contributed by atoms with E-state index in [4.69, 9.17) is 18.0 Å². The Morgan fingerprint density at radius 3 is 2.74 bits per heavy atom. The number of pyridine rings is 1. The summed E-state index contributed by atoms with van der Waals surface area (Å²) in [5.41, 5.74) is 9.39. The lowest BCUT2D eigenvalue weighted by atomic mass is 10.1. The van der Waals surface area contributed by atoms with Crippen LogP contribution in [0.1, 0.15) is 11.1 Å². The molecule has 2 heterocycles. The molecule has 0 fully saturated rings. The van der Waals surface area contributed by atoms with Gasteiger partial charge in [-0.25, -0.2) is 4.68 Å². The molecule has 2 N–H and O–H groups in total. The van der Waals surface area contributed by atoms with Crippen molar-refractivity contribution in [2.75, 3.05) is 0 Å². The average molecular weight is 268 g/mol. The Balaban J connectivity index is 2.41.